The molecule has 2 N–H and O–H groups in total. The quantitative estimate of drug-likeness (QED) is 0.917. The van der Waals surface area contributed by atoms with Crippen LogP contribution in [0, 0.1) is 6.92 Å². The van der Waals surface area contributed by atoms with Gasteiger partial charge in [0.05, 0.1) is 0 Å². The first-order valence-corrected chi connectivity index (χ1v) is 8.54. The van der Waals surface area contributed by atoms with Gasteiger partial charge in [0.2, 0.25) is 0 Å². The molecule has 1 aromatic carbocycles. The molecule has 1 atom stereocenters. The molecule has 2 nitrogen and oxygen atoms in total. The van der Waals surface area contributed by atoms with E-state index in [1.807, 2.05) is 0 Å². The number of benzene rings is 1. The van der Waals surface area contributed by atoms with Crippen LogP contribution in [0.2, 0.25) is 0 Å². The van der Waals surface area contributed by atoms with Gasteiger partial charge in [0.1, 0.15) is 0 Å². The normalized spacial score (nSPS) is 18.2. The van der Waals surface area contributed by atoms with E-state index >= 15 is 0 Å². The highest BCUT2D eigenvalue weighted by Crippen LogP contribution is 2.26. The molecule has 0 bridgehead atoms. The van der Waals surface area contributed by atoms with Crippen LogP contribution in [0.4, 0.5) is 5.69 Å². The molecule has 2 rings (SSSR count). The Kier molecular flexibility index (Phi) is 5.59. The summed E-state index contributed by atoms with van der Waals surface area (Å²) in [6, 6.07) is 7.13. The topological polar surface area (TPSA) is 29.3 Å². The zero-order valence-corrected chi connectivity index (χ0v) is 13.0. The summed E-state index contributed by atoms with van der Waals surface area (Å²) < 4.78 is 0. The maximum absolute atomic E-state index is 6.16. The first kappa shape index (κ1) is 14.7. The highest BCUT2D eigenvalue weighted by Gasteiger charge is 2.15. The summed E-state index contributed by atoms with van der Waals surface area (Å²) >= 11 is 2.08. The number of nitrogens with two attached hydrogens (primary N) is 1. The van der Waals surface area contributed by atoms with E-state index in [0.717, 1.165) is 12.8 Å². The zero-order valence-electron chi connectivity index (χ0n) is 12.2. The van der Waals surface area contributed by atoms with Crippen molar-refractivity contribution in [2.75, 3.05) is 29.5 Å². The third-order valence-corrected chi connectivity index (χ3v) is 4.85. The zero-order chi connectivity index (χ0) is 13.7. The van der Waals surface area contributed by atoms with Gasteiger partial charge in [0.25, 0.3) is 0 Å². The number of thioether (sulfide) groups is 1. The summed E-state index contributed by atoms with van der Waals surface area (Å²) in [6.45, 7) is 6.69. The van der Waals surface area contributed by atoms with Gasteiger partial charge in [-0.2, -0.15) is 11.8 Å². The fraction of sp³-hybridized carbons (Fsp3) is 0.625. The van der Waals surface area contributed by atoms with Gasteiger partial charge in [0, 0.05) is 30.6 Å². The standard InChI is InChI=1S/C16H26N2S/c1-3-15(17)12-14-11-13(2)5-6-16(14)18-7-4-9-19-10-8-18/h5-6,11,15H,3-4,7-10,12,17H2,1-2H3. The second-order valence-corrected chi connectivity index (χ2v) is 6.68. The molecule has 0 amide bonds. The van der Waals surface area contributed by atoms with E-state index in [1.54, 1.807) is 0 Å². The lowest BCUT2D eigenvalue weighted by Gasteiger charge is -2.26. The third kappa shape index (κ3) is 4.15. The van der Waals surface area contributed by atoms with Crippen LogP contribution in [-0.2, 0) is 6.42 Å². The molecular weight excluding hydrogens is 252 g/mol. The fourth-order valence-corrected chi connectivity index (χ4v) is 3.49. The monoisotopic (exact) mass is 278 g/mol. The number of hydrogen-bond acceptors (Lipinski definition) is 3. The molecular formula is C16H26N2S. The molecule has 0 saturated carbocycles. The summed E-state index contributed by atoms with van der Waals surface area (Å²) in [6.07, 6.45) is 3.33. The Morgan fingerprint density at radius 2 is 2.16 bits per heavy atom. The molecule has 106 valence electrons. The predicted octanol–water partition coefficient (Wildman–Crippen LogP) is 3.22. The van der Waals surface area contributed by atoms with Gasteiger partial charge in [-0.05, 0) is 43.6 Å². The molecule has 1 aliphatic rings. The van der Waals surface area contributed by atoms with Crippen molar-refractivity contribution in [3.63, 3.8) is 0 Å². The maximum atomic E-state index is 6.16. The SMILES string of the molecule is CCC(N)Cc1cc(C)ccc1N1CCCSCC1. The number of rotatable bonds is 4. The van der Waals surface area contributed by atoms with Crippen molar-refractivity contribution in [3.8, 4) is 0 Å². The van der Waals surface area contributed by atoms with Crippen LogP contribution >= 0.6 is 11.8 Å². The smallest absolute Gasteiger partial charge is 0.0399 e. The van der Waals surface area contributed by atoms with Crippen LogP contribution in [0.1, 0.15) is 30.9 Å². The molecule has 1 aromatic rings. The minimum atomic E-state index is 0.280. The highest BCUT2D eigenvalue weighted by atomic mass is 32.2. The van der Waals surface area contributed by atoms with E-state index in [0.29, 0.717) is 0 Å². The molecule has 1 heterocycles. The van der Waals surface area contributed by atoms with Crippen molar-refractivity contribution in [1.82, 2.24) is 0 Å². The summed E-state index contributed by atoms with van der Waals surface area (Å²) in [5.41, 5.74) is 10.3. The van der Waals surface area contributed by atoms with Crippen molar-refractivity contribution in [2.45, 2.75) is 39.2 Å². The fourth-order valence-electron chi connectivity index (χ4n) is 2.60. The van der Waals surface area contributed by atoms with Crippen LogP contribution in [-0.4, -0.2) is 30.6 Å². The Morgan fingerprint density at radius 1 is 1.32 bits per heavy atom. The Hall–Kier alpha value is -0.670. The van der Waals surface area contributed by atoms with E-state index < -0.39 is 0 Å². The summed E-state index contributed by atoms with van der Waals surface area (Å²) in [7, 11) is 0. The van der Waals surface area contributed by atoms with E-state index in [1.165, 1.54) is 47.8 Å². The molecule has 0 radical (unpaired) electrons. The average Bonchev–Trinajstić information content (AvgIpc) is 2.67. The van der Waals surface area contributed by atoms with Gasteiger partial charge in [-0.1, -0.05) is 24.6 Å². The van der Waals surface area contributed by atoms with Gasteiger partial charge in [-0.15, -0.1) is 0 Å². The first-order chi connectivity index (χ1) is 9.20. The number of aryl methyl sites for hydroxylation is 1. The lowest BCUT2D eigenvalue weighted by Crippen LogP contribution is -2.28. The van der Waals surface area contributed by atoms with Crippen LogP contribution in [0.25, 0.3) is 0 Å². The van der Waals surface area contributed by atoms with Gasteiger partial charge in [0.15, 0.2) is 0 Å². The Bertz CT molecular complexity index is 398. The van der Waals surface area contributed by atoms with Crippen LogP contribution in [0.5, 0.6) is 0 Å². The van der Waals surface area contributed by atoms with Crippen molar-refractivity contribution >= 4 is 17.4 Å². The lowest BCUT2D eigenvalue weighted by atomic mass is 10.00. The predicted molar refractivity (Wildman–Crippen MR) is 87.3 cm³/mol. The molecule has 1 aliphatic heterocycles. The lowest BCUT2D eigenvalue weighted by molar-refractivity contribution is 0.644. The van der Waals surface area contributed by atoms with E-state index in [9.17, 15) is 0 Å². The number of hydrogen-bond donors (Lipinski definition) is 1. The van der Waals surface area contributed by atoms with Crippen LogP contribution < -0.4 is 10.6 Å². The largest absolute Gasteiger partial charge is 0.370 e. The second kappa shape index (κ2) is 7.20. The molecule has 0 aromatic heterocycles. The molecule has 1 saturated heterocycles. The molecule has 1 fully saturated rings. The number of nitrogens with zero attached hydrogens (tertiary/aromatic N) is 1. The Balaban J connectivity index is 2.21. The van der Waals surface area contributed by atoms with Crippen LogP contribution in [0.3, 0.4) is 0 Å². The number of anilines is 1. The second-order valence-electron chi connectivity index (χ2n) is 5.46. The van der Waals surface area contributed by atoms with E-state index in [2.05, 4.69) is 48.7 Å². The van der Waals surface area contributed by atoms with Crippen molar-refractivity contribution in [3.05, 3.63) is 29.3 Å². The van der Waals surface area contributed by atoms with Gasteiger partial charge in [-0.3, -0.25) is 0 Å². The molecule has 3 heteroatoms. The molecule has 0 aliphatic carbocycles. The van der Waals surface area contributed by atoms with Crippen molar-refractivity contribution in [1.29, 1.82) is 0 Å². The third-order valence-electron chi connectivity index (χ3n) is 3.80. The van der Waals surface area contributed by atoms with Crippen molar-refractivity contribution < 1.29 is 0 Å². The highest BCUT2D eigenvalue weighted by molar-refractivity contribution is 7.99. The van der Waals surface area contributed by atoms with Gasteiger partial charge in [-0.25, -0.2) is 0 Å². The Labute approximate surface area is 121 Å². The molecule has 19 heavy (non-hydrogen) atoms. The molecule has 1 unspecified atom stereocenters. The van der Waals surface area contributed by atoms with Crippen LogP contribution in [0.15, 0.2) is 18.2 Å². The minimum Gasteiger partial charge on any atom is -0.370 e. The first-order valence-electron chi connectivity index (χ1n) is 7.38. The maximum Gasteiger partial charge on any atom is 0.0399 e. The summed E-state index contributed by atoms with van der Waals surface area (Å²) in [5, 5.41) is 0. The van der Waals surface area contributed by atoms with Crippen molar-refractivity contribution in [2.24, 2.45) is 5.73 Å². The average molecular weight is 278 g/mol. The summed E-state index contributed by atoms with van der Waals surface area (Å²) in [4.78, 5) is 2.55. The minimum absolute atomic E-state index is 0.280. The van der Waals surface area contributed by atoms with Gasteiger partial charge >= 0.3 is 0 Å². The van der Waals surface area contributed by atoms with Gasteiger partial charge < -0.3 is 10.6 Å². The van der Waals surface area contributed by atoms with E-state index in [-0.39, 0.29) is 6.04 Å². The Morgan fingerprint density at radius 3 is 2.95 bits per heavy atom. The summed E-state index contributed by atoms with van der Waals surface area (Å²) in [5.74, 6) is 2.54. The molecule has 0 spiro atoms. The van der Waals surface area contributed by atoms with E-state index in [4.69, 9.17) is 5.73 Å².